The molecule has 3 aromatic rings. The molecule has 0 saturated carbocycles. The summed E-state index contributed by atoms with van der Waals surface area (Å²) in [5, 5.41) is 9.93. The Morgan fingerprint density at radius 1 is 1.00 bits per heavy atom. The fraction of sp³-hybridized carbons (Fsp3) is 0.304. The van der Waals surface area contributed by atoms with Crippen LogP contribution in [0.1, 0.15) is 35.3 Å². The highest BCUT2D eigenvalue weighted by atomic mass is 32.1. The SMILES string of the molecule is CN1Cc2ccccc2N1c1nc(C(=O)Nc2ccccc2N2CCCCC2)cs1. The van der Waals surface area contributed by atoms with Crippen LogP contribution in [0.4, 0.5) is 22.2 Å². The molecule has 2 aliphatic rings. The highest BCUT2D eigenvalue weighted by molar-refractivity contribution is 7.14. The van der Waals surface area contributed by atoms with E-state index in [2.05, 4.69) is 49.5 Å². The Morgan fingerprint density at radius 2 is 1.73 bits per heavy atom. The van der Waals surface area contributed by atoms with Gasteiger partial charge >= 0.3 is 0 Å². The third-order valence-corrected chi connectivity index (χ3v) is 6.53. The number of carbonyl (C=O) groups is 1. The molecule has 0 spiro atoms. The average Bonchev–Trinajstić information content (AvgIpc) is 3.38. The van der Waals surface area contributed by atoms with Crippen molar-refractivity contribution in [2.24, 2.45) is 0 Å². The van der Waals surface area contributed by atoms with Crippen LogP contribution in [-0.4, -0.2) is 36.0 Å². The van der Waals surface area contributed by atoms with E-state index < -0.39 is 0 Å². The van der Waals surface area contributed by atoms with E-state index in [4.69, 9.17) is 0 Å². The van der Waals surface area contributed by atoms with Crippen molar-refractivity contribution in [3.63, 3.8) is 0 Å². The molecular weight excluding hydrogens is 394 g/mol. The van der Waals surface area contributed by atoms with Crippen LogP contribution in [0.25, 0.3) is 0 Å². The number of anilines is 4. The lowest BCUT2D eigenvalue weighted by Crippen LogP contribution is -2.30. The largest absolute Gasteiger partial charge is 0.370 e. The second-order valence-electron chi connectivity index (χ2n) is 7.79. The lowest BCUT2D eigenvalue weighted by atomic mass is 10.1. The van der Waals surface area contributed by atoms with E-state index in [0.717, 1.165) is 41.8 Å². The number of aromatic nitrogens is 1. The number of para-hydroxylation sites is 3. The van der Waals surface area contributed by atoms with Gasteiger partial charge in [-0.2, -0.15) is 0 Å². The molecular formula is C23H25N5OS. The number of hydrogen-bond acceptors (Lipinski definition) is 6. The second kappa shape index (κ2) is 8.08. The Labute approximate surface area is 180 Å². The molecule has 30 heavy (non-hydrogen) atoms. The quantitative estimate of drug-likeness (QED) is 0.653. The zero-order chi connectivity index (χ0) is 20.5. The Morgan fingerprint density at radius 3 is 2.57 bits per heavy atom. The summed E-state index contributed by atoms with van der Waals surface area (Å²) in [6.45, 7) is 2.91. The minimum absolute atomic E-state index is 0.169. The maximum atomic E-state index is 13.0. The zero-order valence-corrected chi connectivity index (χ0v) is 17.9. The first-order valence-corrected chi connectivity index (χ1v) is 11.3. The van der Waals surface area contributed by atoms with Crippen molar-refractivity contribution in [1.82, 2.24) is 9.99 Å². The smallest absolute Gasteiger partial charge is 0.275 e. The maximum absolute atomic E-state index is 13.0. The van der Waals surface area contributed by atoms with Gasteiger partial charge < -0.3 is 10.2 Å². The highest BCUT2D eigenvalue weighted by Crippen LogP contribution is 2.38. The lowest BCUT2D eigenvalue weighted by Gasteiger charge is -2.30. The molecule has 2 aromatic carbocycles. The van der Waals surface area contributed by atoms with Crippen molar-refractivity contribution in [2.45, 2.75) is 25.8 Å². The summed E-state index contributed by atoms with van der Waals surface area (Å²) in [5.74, 6) is -0.169. The summed E-state index contributed by atoms with van der Waals surface area (Å²) in [7, 11) is 2.04. The number of amides is 1. The lowest BCUT2D eigenvalue weighted by molar-refractivity contribution is 0.102. The molecule has 1 aromatic heterocycles. The van der Waals surface area contributed by atoms with E-state index in [0.29, 0.717) is 5.69 Å². The van der Waals surface area contributed by atoms with Gasteiger partial charge in [0, 0.05) is 32.1 Å². The van der Waals surface area contributed by atoms with E-state index >= 15 is 0 Å². The predicted octanol–water partition coefficient (Wildman–Crippen LogP) is 4.88. The molecule has 1 amide bonds. The van der Waals surface area contributed by atoms with Crippen LogP contribution >= 0.6 is 11.3 Å². The van der Waals surface area contributed by atoms with E-state index in [1.165, 1.54) is 36.2 Å². The number of nitrogens with zero attached hydrogens (tertiary/aromatic N) is 4. The molecule has 1 saturated heterocycles. The molecule has 5 rings (SSSR count). The Kier molecular flexibility index (Phi) is 5.14. The van der Waals surface area contributed by atoms with Crippen molar-refractivity contribution in [3.05, 3.63) is 65.2 Å². The van der Waals surface area contributed by atoms with Crippen LogP contribution in [0.3, 0.4) is 0 Å². The highest BCUT2D eigenvalue weighted by Gasteiger charge is 2.28. The molecule has 1 fully saturated rings. The van der Waals surface area contributed by atoms with Gasteiger partial charge in [0.1, 0.15) is 5.69 Å². The fourth-order valence-corrected chi connectivity index (χ4v) is 5.11. The standard InChI is InChI=1S/C23H25N5OS/c1-26-15-17-9-3-5-11-20(17)28(26)23-25-19(16-30-23)22(29)24-18-10-4-6-12-21(18)27-13-7-2-8-14-27/h3-6,9-12,16H,2,7-8,13-15H2,1H3,(H,24,29). The van der Waals surface area contributed by atoms with Crippen LogP contribution in [0, 0.1) is 0 Å². The third kappa shape index (κ3) is 3.55. The van der Waals surface area contributed by atoms with E-state index in [9.17, 15) is 4.79 Å². The molecule has 3 heterocycles. The summed E-state index contributed by atoms with van der Waals surface area (Å²) in [6, 6.07) is 16.4. The summed E-state index contributed by atoms with van der Waals surface area (Å²) < 4.78 is 0. The summed E-state index contributed by atoms with van der Waals surface area (Å²) >= 11 is 1.49. The molecule has 6 nitrogen and oxygen atoms in total. The second-order valence-corrected chi connectivity index (χ2v) is 8.63. The van der Waals surface area contributed by atoms with Crippen molar-refractivity contribution in [2.75, 3.05) is 35.4 Å². The minimum Gasteiger partial charge on any atom is -0.370 e. The van der Waals surface area contributed by atoms with Gasteiger partial charge in [-0.25, -0.2) is 15.0 Å². The van der Waals surface area contributed by atoms with Crippen molar-refractivity contribution >= 4 is 39.4 Å². The number of hydrogen-bond donors (Lipinski definition) is 1. The minimum atomic E-state index is -0.169. The van der Waals surface area contributed by atoms with Gasteiger partial charge in [-0.3, -0.25) is 4.79 Å². The van der Waals surface area contributed by atoms with Gasteiger partial charge in [-0.05, 0) is 43.0 Å². The Bertz CT molecular complexity index is 1060. The first-order chi connectivity index (χ1) is 14.7. The first kappa shape index (κ1) is 19.1. The number of piperidine rings is 1. The number of rotatable bonds is 4. The Balaban J connectivity index is 1.36. The van der Waals surface area contributed by atoms with Crippen molar-refractivity contribution in [1.29, 1.82) is 0 Å². The van der Waals surface area contributed by atoms with Gasteiger partial charge in [-0.1, -0.05) is 30.3 Å². The normalized spacial score (nSPS) is 16.6. The molecule has 0 aliphatic carbocycles. The first-order valence-electron chi connectivity index (χ1n) is 10.4. The van der Waals surface area contributed by atoms with E-state index in [1.54, 1.807) is 0 Å². The average molecular weight is 420 g/mol. The molecule has 1 N–H and O–H groups in total. The zero-order valence-electron chi connectivity index (χ0n) is 17.0. The van der Waals surface area contributed by atoms with Crippen LogP contribution in [0.2, 0.25) is 0 Å². The third-order valence-electron chi connectivity index (χ3n) is 5.72. The summed E-state index contributed by atoms with van der Waals surface area (Å²) in [5.41, 5.74) is 4.77. The molecule has 0 unspecified atom stereocenters. The topological polar surface area (TPSA) is 51.7 Å². The number of thiazole rings is 1. The van der Waals surface area contributed by atoms with Crippen LogP contribution < -0.4 is 15.2 Å². The van der Waals surface area contributed by atoms with E-state index in [-0.39, 0.29) is 5.91 Å². The molecule has 0 bridgehead atoms. The maximum Gasteiger partial charge on any atom is 0.275 e. The molecule has 2 aliphatic heterocycles. The van der Waals surface area contributed by atoms with E-state index in [1.807, 2.05) is 36.7 Å². The van der Waals surface area contributed by atoms with Gasteiger partial charge in [0.2, 0.25) is 5.13 Å². The fourth-order valence-electron chi connectivity index (χ4n) is 4.24. The van der Waals surface area contributed by atoms with Crippen molar-refractivity contribution < 1.29 is 4.79 Å². The molecule has 0 atom stereocenters. The molecule has 154 valence electrons. The Hall–Kier alpha value is -2.90. The monoisotopic (exact) mass is 419 g/mol. The number of benzene rings is 2. The van der Waals surface area contributed by atoms with Gasteiger partial charge in [0.05, 0.1) is 17.1 Å². The number of carbonyl (C=O) groups excluding carboxylic acids is 1. The number of hydrazine groups is 1. The van der Waals surface area contributed by atoms with Crippen LogP contribution in [-0.2, 0) is 6.54 Å². The molecule has 7 heteroatoms. The molecule has 0 radical (unpaired) electrons. The van der Waals surface area contributed by atoms with Crippen LogP contribution in [0.5, 0.6) is 0 Å². The number of fused-ring (bicyclic) bond motifs is 1. The van der Waals surface area contributed by atoms with Crippen molar-refractivity contribution in [3.8, 4) is 0 Å². The van der Waals surface area contributed by atoms with Crippen LogP contribution in [0.15, 0.2) is 53.9 Å². The van der Waals surface area contributed by atoms with Gasteiger partial charge in [0.25, 0.3) is 5.91 Å². The predicted molar refractivity (Wildman–Crippen MR) is 123 cm³/mol. The van der Waals surface area contributed by atoms with Gasteiger partial charge in [-0.15, -0.1) is 11.3 Å². The summed E-state index contributed by atoms with van der Waals surface area (Å²) in [4.78, 5) is 20.0. The number of nitrogens with one attached hydrogen (secondary N) is 1. The van der Waals surface area contributed by atoms with Gasteiger partial charge in [0.15, 0.2) is 0 Å². The summed E-state index contributed by atoms with van der Waals surface area (Å²) in [6.07, 6.45) is 3.67.